The third kappa shape index (κ3) is 3.87. The zero-order valence-corrected chi connectivity index (χ0v) is 16.2. The molecule has 0 N–H and O–H groups in total. The summed E-state index contributed by atoms with van der Waals surface area (Å²) >= 11 is 6.07. The molecule has 2 heterocycles. The van der Waals surface area contributed by atoms with E-state index in [2.05, 4.69) is 10.00 Å². The topological polar surface area (TPSA) is 58.4 Å². The maximum Gasteiger partial charge on any atom is 0.224 e. The number of benzene rings is 2. The summed E-state index contributed by atoms with van der Waals surface area (Å²) in [5, 5.41) is 5.54. The van der Waals surface area contributed by atoms with Gasteiger partial charge in [0.1, 0.15) is 0 Å². The summed E-state index contributed by atoms with van der Waals surface area (Å²) in [5.74, 6) is 0.107. The largest absolute Gasteiger partial charge is 0.368 e. The van der Waals surface area contributed by atoms with Crippen LogP contribution in [0.3, 0.4) is 0 Å². The molecule has 28 heavy (non-hydrogen) atoms. The Hall–Kier alpha value is -2.86. The number of carbonyl (C=O) groups is 1. The van der Waals surface area contributed by atoms with Crippen molar-refractivity contribution in [2.24, 2.45) is 0 Å². The fourth-order valence-electron chi connectivity index (χ4n) is 3.59. The molecule has 0 atom stereocenters. The molecule has 7 heteroatoms. The molecule has 6 nitrogen and oxygen atoms in total. The van der Waals surface area contributed by atoms with E-state index >= 15 is 0 Å². The van der Waals surface area contributed by atoms with E-state index in [-0.39, 0.29) is 11.3 Å². The van der Waals surface area contributed by atoms with Gasteiger partial charge in [-0.3, -0.25) is 14.3 Å². The van der Waals surface area contributed by atoms with Crippen molar-refractivity contribution in [2.45, 2.75) is 13.0 Å². The van der Waals surface area contributed by atoms with E-state index in [4.69, 9.17) is 11.6 Å². The number of rotatable bonds is 4. The van der Waals surface area contributed by atoms with Gasteiger partial charge in [0.25, 0.3) is 0 Å². The Balaban J connectivity index is 1.37. The second-order valence-corrected chi connectivity index (χ2v) is 7.28. The highest BCUT2D eigenvalue weighted by Crippen LogP contribution is 2.21. The van der Waals surface area contributed by atoms with Crippen molar-refractivity contribution in [1.82, 2.24) is 14.7 Å². The SMILES string of the molecule is O=C(CCn1ncc(=O)c2ccccc21)N1CCN(c2cccc(Cl)c2)CC1. The summed E-state index contributed by atoms with van der Waals surface area (Å²) in [7, 11) is 0. The molecule has 0 aliphatic carbocycles. The number of amides is 1. The summed E-state index contributed by atoms with van der Waals surface area (Å²) in [6.45, 7) is 3.39. The van der Waals surface area contributed by atoms with Gasteiger partial charge in [0.05, 0.1) is 18.3 Å². The lowest BCUT2D eigenvalue weighted by atomic mass is 10.2. The Bertz CT molecular complexity index is 1060. The summed E-state index contributed by atoms with van der Waals surface area (Å²) in [6, 6.07) is 15.1. The predicted molar refractivity (Wildman–Crippen MR) is 111 cm³/mol. The molecule has 0 spiro atoms. The van der Waals surface area contributed by atoms with E-state index in [1.807, 2.05) is 47.4 Å². The zero-order chi connectivity index (χ0) is 19.5. The maximum atomic E-state index is 12.7. The van der Waals surface area contributed by atoms with E-state index in [1.165, 1.54) is 6.20 Å². The van der Waals surface area contributed by atoms with Crippen molar-refractivity contribution >= 4 is 34.1 Å². The number of fused-ring (bicyclic) bond motifs is 1. The van der Waals surface area contributed by atoms with Crippen molar-refractivity contribution in [2.75, 3.05) is 31.1 Å². The van der Waals surface area contributed by atoms with Crippen LogP contribution in [-0.2, 0) is 11.3 Å². The van der Waals surface area contributed by atoms with Crippen LogP contribution in [0.5, 0.6) is 0 Å². The second kappa shape index (κ2) is 8.02. The van der Waals surface area contributed by atoms with Crippen molar-refractivity contribution in [1.29, 1.82) is 0 Å². The van der Waals surface area contributed by atoms with Crippen molar-refractivity contribution in [3.05, 3.63) is 70.0 Å². The molecule has 1 saturated heterocycles. The third-order valence-corrected chi connectivity index (χ3v) is 5.34. The van der Waals surface area contributed by atoms with Gasteiger partial charge >= 0.3 is 0 Å². The standard InChI is InChI=1S/C21H21ClN4O2/c22-16-4-3-5-17(14-16)24-10-12-25(13-11-24)21(28)8-9-26-19-7-2-1-6-18(19)20(27)15-23-26/h1-7,14-15H,8-13H2. The molecule has 0 saturated carbocycles. The Kier molecular flexibility index (Phi) is 5.30. The molecule has 0 bridgehead atoms. The van der Waals surface area contributed by atoms with Gasteiger partial charge in [-0.2, -0.15) is 5.10 Å². The van der Waals surface area contributed by atoms with Gasteiger partial charge in [0.15, 0.2) is 0 Å². The quantitative estimate of drug-likeness (QED) is 0.680. The van der Waals surface area contributed by atoms with E-state index in [9.17, 15) is 9.59 Å². The van der Waals surface area contributed by atoms with Crippen LogP contribution >= 0.6 is 11.6 Å². The van der Waals surface area contributed by atoms with Crippen LogP contribution in [0.25, 0.3) is 10.9 Å². The first kappa shape index (κ1) is 18.5. The molecule has 4 rings (SSSR count). The molecule has 144 valence electrons. The van der Waals surface area contributed by atoms with Crippen molar-refractivity contribution < 1.29 is 4.79 Å². The van der Waals surface area contributed by atoms with E-state index < -0.39 is 0 Å². The first-order valence-electron chi connectivity index (χ1n) is 9.35. The minimum Gasteiger partial charge on any atom is -0.368 e. The summed E-state index contributed by atoms with van der Waals surface area (Å²) < 4.78 is 1.73. The molecule has 1 amide bonds. The van der Waals surface area contributed by atoms with Crippen LogP contribution in [0.15, 0.2) is 59.5 Å². The minimum absolute atomic E-state index is 0.102. The zero-order valence-electron chi connectivity index (χ0n) is 15.4. The number of aryl methyl sites for hydroxylation is 1. The number of carbonyl (C=O) groups excluding carboxylic acids is 1. The highest BCUT2D eigenvalue weighted by atomic mass is 35.5. The van der Waals surface area contributed by atoms with E-state index in [0.29, 0.717) is 31.4 Å². The monoisotopic (exact) mass is 396 g/mol. The van der Waals surface area contributed by atoms with Crippen molar-refractivity contribution in [3.63, 3.8) is 0 Å². The summed E-state index contributed by atoms with van der Waals surface area (Å²) in [4.78, 5) is 28.7. The fraction of sp³-hybridized carbons (Fsp3) is 0.286. The number of halogens is 1. The van der Waals surface area contributed by atoms with Crippen LogP contribution in [-0.4, -0.2) is 46.8 Å². The molecule has 0 unspecified atom stereocenters. The number of nitrogens with zero attached hydrogens (tertiary/aromatic N) is 4. The van der Waals surface area contributed by atoms with Crippen LogP contribution in [0.1, 0.15) is 6.42 Å². The number of anilines is 1. The predicted octanol–water partition coefficient (Wildman–Crippen LogP) is 2.79. The fourth-order valence-corrected chi connectivity index (χ4v) is 3.77. The van der Waals surface area contributed by atoms with Gasteiger partial charge in [-0.25, -0.2) is 0 Å². The Labute approximate surface area is 167 Å². The second-order valence-electron chi connectivity index (χ2n) is 6.85. The highest BCUT2D eigenvalue weighted by molar-refractivity contribution is 6.30. The van der Waals surface area contributed by atoms with E-state index in [0.717, 1.165) is 29.3 Å². The van der Waals surface area contributed by atoms with Gasteiger partial charge < -0.3 is 9.80 Å². The van der Waals surface area contributed by atoms with Crippen LogP contribution in [0.2, 0.25) is 5.02 Å². The molecular weight excluding hydrogens is 376 g/mol. The maximum absolute atomic E-state index is 12.7. The molecule has 1 fully saturated rings. The Morgan fingerprint density at radius 2 is 1.82 bits per heavy atom. The number of hydrogen-bond donors (Lipinski definition) is 0. The molecule has 1 aliphatic rings. The average molecular weight is 397 g/mol. The van der Waals surface area contributed by atoms with Gasteiger partial charge in [0, 0.05) is 48.7 Å². The normalized spacial score (nSPS) is 14.5. The first-order chi connectivity index (χ1) is 13.6. The lowest BCUT2D eigenvalue weighted by Gasteiger charge is -2.36. The molecule has 1 aromatic heterocycles. The molecule has 2 aromatic carbocycles. The number of para-hydroxylation sites is 1. The lowest BCUT2D eigenvalue weighted by Crippen LogP contribution is -2.49. The Morgan fingerprint density at radius 3 is 2.61 bits per heavy atom. The summed E-state index contributed by atoms with van der Waals surface area (Å²) in [5.41, 5.74) is 1.74. The van der Waals surface area contributed by atoms with Crippen molar-refractivity contribution in [3.8, 4) is 0 Å². The minimum atomic E-state index is -0.102. The number of hydrogen-bond acceptors (Lipinski definition) is 4. The smallest absolute Gasteiger partial charge is 0.224 e. The van der Waals surface area contributed by atoms with Gasteiger partial charge in [-0.05, 0) is 30.3 Å². The number of aromatic nitrogens is 2. The third-order valence-electron chi connectivity index (χ3n) is 5.11. The van der Waals surface area contributed by atoms with E-state index in [1.54, 1.807) is 10.7 Å². The first-order valence-corrected chi connectivity index (χ1v) is 9.73. The van der Waals surface area contributed by atoms with Gasteiger partial charge in [-0.1, -0.05) is 29.8 Å². The molecule has 1 aliphatic heterocycles. The van der Waals surface area contributed by atoms with Crippen LogP contribution < -0.4 is 10.3 Å². The molecule has 0 radical (unpaired) electrons. The molecular formula is C21H21ClN4O2. The van der Waals surface area contributed by atoms with Crippen LogP contribution in [0.4, 0.5) is 5.69 Å². The Morgan fingerprint density at radius 1 is 1.04 bits per heavy atom. The summed E-state index contributed by atoms with van der Waals surface area (Å²) in [6.07, 6.45) is 1.67. The average Bonchev–Trinajstić information content (AvgIpc) is 2.73. The highest BCUT2D eigenvalue weighted by Gasteiger charge is 2.21. The van der Waals surface area contributed by atoms with Gasteiger partial charge in [0.2, 0.25) is 11.3 Å². The number of piperazine rings is 1. The van der Waals surface area contributed by atoms with Gasteiger partial charge in [-0.15, -0.1) is 0 Å². The van der Waals surface area contributed by atoms with Crippen LogP contribution in [0, 0.1) is 0 Å². The molecule has 3 aromatic rings. The lowest BCUT2D eigenvalue weighted by molar-refractivity contribution is -0.131.